The van der Waals surface area contributed by atoms with Gasteiger partial charge in [-0.25, -0.2) is 4.98 Å². The van der Waals surface area contributed by atoms with Crippen LogP contribution in [0, 0.1) is 20.8 Å². The Bertz CT molecular complexity index is 318. The second-order valence-corrected chi connectivity index (χ2v) is 3.12. The van der Waals surface area contributed by atoms with E-state index in [0.717, 1.165) is 17.2 Å². The van der Waals surface area contributed by atoms with Gasteiger partial charge < -0.3 is 10.3 Å². The second kappa shape index (κ2) is 4.50. The van der Waals surface area contributed by atoms with E-state index in [2.05, 4.69) is 4.98 Å². The number of nitrogens with two attached hydrogens (primary N) is 1. The molecule has 2 aromatic heterocycles. The third-order valence-electron chi connectivity index (χ3n) is 1.61. The number of imidazole rings is 1. The van der Waals surface area contributed by atoms with Crippen LogP contribution in [0.15, 0.2) is 29.1 Å². The molecule has 0 unspecified atom stereocenters. The minimum absolute atomic E-state index is 0.947. The van der Waals surface area contributed by atoms with Gasteiger partial charge in [-0.1, -0.05) is 0 Å². The molecule has 2 N–H and O–H groups in total. The number of aromatic nitrogens is 2. The lowest BCUT2D eigenvalue weighted by Gasteiger charge is -1.80. The van der Waals surface area contributed by atoms with Gasteiger partial charge in [0.25, 0.3) is 0 Å². The predicted molar refractivity (Wildman–Crippen MR) is 55.3 cm³/mol. The molecule has 0 aliphatic rings. The fraction of sp³-hybridized carbons (Fsp3) is 0.300. The van der Waals surface area contributed by atoms with Crippen molar-refractivity contribution in [1.82, 2.24) is 9.66 Å². The van der Waals surface area contributed by atoms with E-state index in [1.54, 1.807) is 12.5 Å². The van der Waals surface area contributed by atoms with E-state index in [4.69, 9.17) is 10.3 Å². The molecule has 2 rings (SSSR count). The molecule has 0 bridgehead atoms. The first-order chi connectivity index (χ1) is 6.58. The molecule has 4 nitrogen and oxygen atoms in total. The number of furan rings is 1. The molecular formula is C10H15N3O. The van der Waals surface area contributed by atoms with Gasteiger partial charge >= 0.3 is 0 Å². The van der Waals surface area contributed by atoms with Gasteiger partial charge in [0.05, 0.1) is 5.69 Å². The van der Waals surface area contributed by atoms with Gasteiger partial charge in [0.15, 0.2) is 0 Å². The lowest BCUT2D eigenvalue weighted by atomic mass is 10.5. The Labute approximate surface area is 83.3 Å². The molecular weight excluding hydrogens is 178 g/mol. The topological polar surface area (TPSA) is 57.0 Å². The first kappa shape index (κ1) is 10.4. The Kier molecular flexibility index (Phi) is 3.34. The maximum atomic E-state index is 5.23. The van der Waals surface area contributed by atoms with Crippen molar-refractivity contribution >= 4 is 0 Å². The summed E-state index contributed by atoms with van der Waals surface area (Å²) < 4.78 is 6.51. The summed E-state index contributed by atoms with van der Waals surface area (Å²) in [5.74, 6) is 7.20. The summed E-state index contributed by atoms with van der Waals surface area (Å²) in [5.41, 5.74) is 0.947. The van der Waals surface area contributed by atoms with Crippen molar-refractivity contribution in [2.45, 2.75) is 20.8 Å². The van der Waals surface area contributed by atoms with Crippen molar-refractivity contribution in [3.63, 3.8) is 0 Å². The average molecular weight is 193 g/mol. The lowest BCUT2D eigenvalue weighted by Crippen LogP contribution is -2.02. The van der Waals surface area contributed by atoms with Gasteiger partial charge in [0.2, 0.25) is 0 Å². The Balaban J connectivity index is 0.000000140. The molecule has 0 atom stereocenters. The highest BCUT2D eigenvalue weighted by Crippen LogP contribution is 2.02. The van der Waals surface area contributed by atoms with Gasteiger partial charge in [0, 0.05) is 6.20 Å². The van der Waals surface area contributed by atoms with Gasteiger partial charge in [-0.05, 0) is 32.9 Å². The predicted octanol–water partition coefficient (Wildman–Crippen LogP) is 1.80. The quantitative estimate of drug-likeness (QED) is 0.649. The van der Waals surface area contributed by atoms with Crippen molar-refractivity contribution in [1.29, 1.82) is 0 Å². The molecule has 14 heavy (non-hydrogen) atoms. The van der Waals surface area contributed by atoms with Gasteiger partial charge in [-0.3, -0.25) is 4.68 Å². The Morgan fingerprint density at radius 2 is 1.79 bits per heavy atom. The summed E-state index contributed by atoms with van der Waals surface area (Å²) in [6.45, 7) is 5.77. The van der Waals surface area contributed by atoms with E-state index < -0.39 is 0 Å². The van der Waals surface area contributed by atoms with E-state index in [-0.39, 0.29) is 0 Å². The first-order valence-electron chi connectivity index (χ1n) is 4.36. The SMILES string of the molecule is Cc1ccc(C)o1.Cc1cn(N)cn1. The highest BCUT2D eigenvalue weighted by atomic mass is 16.3. The standard InChI is InChI=1S/C6H8O.C4H7N3/c1-5-3-4-6(2)7-5;1-4-2-7(5)3-6-4/h3-4H,1-2H3;2-3H,5H2,1H3. The molecule has 0 aromatic carbocycles. The molecule has 0 saturated heterocycles. The number of rotatable bonds is 0. The summed E-state index contributed by atoms with van der Waals surface area (Å²) in [7, 11) is 0. The first-order valence-corrected chi connectivity index (χ1v) is 4.36. The number of hydrogen-bond donors (Lipinski definition) is 1. The van der Waals surface area contributed by atoms with Crippen molar-refractivity contribution in [2.75, 3.05) is 5.84 Å². The zero-order chi connectivity index (χ0) is 10.6. The van der Waals surface area contributed by atoms with Crippen molar-refractivity contribution in [2.24, 2.45) is 0 Å². The van der Waals surface area contributed by atoms with Crippen molar-refractivity contribution in [3.8, 4) is 0 Å². The normalized spacial score (nSPS) is 9.36. The molecule has 76 valence electrons. The van der Waals surface area contributed by atoms with E-state index in [9.17, 15) is 0 Å². The average Bonchev–Trinajstić information content (AvgIpc) is 2.63. The van der Waals surface area contributed by atoms with E-state index in [1.807, 2.05) is 32.9 Å². The number of aryl methyl sites for hydroxylation is 3. The summed E-state index contributed by atoms with van der Waals surface area (Å²) in [6, 6.07) is 3.91. The van der Waals surface area contributed by atoms with Gasteiger partial charge in [0.1, 0.15) is 17.8 Å². The Morgan fingerprint density at radius 3 is 1.93 bits per heavy atom. The van der Waals surface area contributed by atoms with Gasteiger partial charge in [-0.2, -0.15) is 0 Å². The zero-order valence-electron chi connectivity index (χ0n) is 8.69. The van der Waals surface area contributed by atoms with Crippen LogP contribution in [0.1, 0.15) is 17.2 Å². The summed E-state index contributed by atoms with van der Waals surface area (Å²) in [4.78, 5) is 3.85. The number of nitrogen functional groups attached to an aromatic ring is 1. The minimum atomic E-state index is 0.947. The van der Waals surface area contributed by atoms with Crippen LogP contribution in [0.2, 0.25) is 0 Å². The van der Waals surface area contributed by atoms with E-state index >= 15 is 0 Å². The van der Waals surface area contributed by atoms with Crippen molar-refractivity contribution in [3.05, 3.63) is 41.9 Å². The number of hydrogen-bond acceptors (Lipinski definition) is 3. The van der Waals surface area contributed by atoms with Crippen molar-refractivity contribution < 1.29 is 4.42 Å². The van der Waals surface area contributed by atoms with Crippen LogP contribution in [0.25, 0.3) is 0 Å². The summed E-state index contributed by atoms with van der Waals surface area (Å²) in [5, 5.41) is 0. The molecule has 0 fully saturated rings. The van der Waals surface area contributed by atoms with Crippen LogP contribution in [0.3, 0.4) is 0 Å². The highest BCUT2D eigenvalue weighted by molar-refractivity contribution is 5.02. The number of nitrogens with zero attached hydrogens (tertiary/aromatic N) is 2. The molecule has 0 spiro atoms. The van der Waals surface area contributed by atoms with E-state index in [1.165, 1.54) is 4.68 Å². The minimum Gasteiger partial charge on any atom is -0.467 e. The molecule has 4 heteroatoms. The van der Waals surface area contributed by atoms with Crippen LogP contribution in [-0.2, 0) is 0 Å². The molecule has 0 radical (unpaired) electrons. The molecule has 0 saturated carbocycles. The maximum absolute atomic E-state index is 5.23. The van der Waals surface area contributed by atoms with Crippen LogP contribution < -0.4 is 5.84 Å². The molecule has 2 aromatic rings. The Hall–Kier alpha value is -1.71. The molecule has 0 aliphatic carbocycles. The van der Waals surface area contributed by atoms with Crippen LogP contribution in [0.5, 0.6) is 0 Å². The summed E-state index contributed by atoms with van der Waals surface area (Å²) in [6.07, 6.45) is 3.31. The van der Waals surface area contributed by atoms with Crippen LogP contribution in [-0.4, -0.2) is 9.66 Å². The second-order valence-electron chi connectivity index (χ2n) is 3.12. The maximum Gasteiger partial charge on any atom is 0.114 e. The third kappa shape index (κ3) is 3.35. The highest BCUT2D eigenvalue weighted by Gasteiger charge is 1.85. The lowest BCUT2D eigenvalue weighted by molar-refractivity contribution is 0.504. The smallest absolute Gasteiger partial charge is 0.114 e. The monoisotopic (exact) mass is 193 g/mol. The Morgan fingerprint density at radius 1 is 1.21 bits per heavy atom. The third-order valence-corrected chi connectivity index (χ3v) is 1.61. The molecule has 2 heterocycles. The van der Waals surface area contributed by atoms with E-state index in [0.29, 0.717) is 0 Å². The molecule has 0 aliphatic heterocycles. The fourth-order valence-corrected chi connectivity index (χ4v) is 0.997. The van der Waals surface area contributed by atoms with Crippen LogP contribution >= 0.6 is 0 Å². The largest absolute Gasteiger partial charge is 0.467 e. The van der Waals surface area contributed by atoms with Crippen LogP contribution in [0.4, 0.5) is 0 Å². The summed E-state index contributed by atoms with van der Waals surface area (Å²) >= 11 is 0. The molecule has 0 amide bonds. The fourth-order valence-electron chi connectivity index (χ4n) is 0.997. The zero-order valence-corrected chi connectivity index (χ0v) is 8.69. The van der Waals surface area contributed by atoms with Gasteiger partial charge in [-0.15, -0.1) is 0 Å².